The van der Waals surface area contributed by atoms with Crippen molar-refractivity contribution in [1.29, 1.82) is 0 Å². The van der Waals surface area contributed by atoms with Crippen LogP contribution in [0, 0.1) is 5.82 Å². The minimum atomic E-state index is -1.12. The summed E-state index contributed by atoms with van der Waals surface area (Å²) in [5.41, 5.74) is 5.81. The van der Waals surface area contributed by atoms with Crippen LogP contribution in [-0.2, 0) is 25.2 Å². The van der Waals surface area contributed by atoms with Gasteiger partial charge in [-0.25, -0.2) is 9.87 Å². The summed E-state index contributed by atoms with van der Waals surface area (Å²) >= 11 is 0. The van der Waals surface area contributed by atoms with Gasteiger partial charge in [0.15, 0.2) is 0 Å². The normalized spacial score (nSPS) is 15.0. The quantitative estimate of drug-likeness (QED) is 0.0850. The van der Waals surface area contributed by atoms with Gasteiger partial charge >= 0.3 is 0 Å². The van der Waals surface area contributed by atoms with Crippen LogP contribution in [0.15, 0.2) is 90.0 Å². The number of pyridine rings is 1. The van der Waals surface area contributed by atoms with Crippen molar-refractivity contribution in [2.75, 3.05) is 11.6 Å². The van der Waals surface area contributed by atoms with Gasteiger partial charge < -0.3 is 10.6 Å². The van der Waals surface area contributed by atoms with Crippen LogP contribution in [0.4, 0.5) is 10.1 Å². The third-order valence-corrected chi connectivity index (χ3v) is 8.99. The first-order chi connectivity index (χ1) is 22.2. The molecule has 0 saturated carbocycles. The second-order valence-electron chi connectivity index (χ2n) is 11.2. The number of halogens is 1. The van der Waals surface area contributed by atoms with Crippen molar-refractivity contribution in [2.24, 2.45) is 0 Å². The highest BCUT2D eigenvalue weighted by atomic mass is 32.2. The van der Waals surface area contributed by atoms with Crippen LogP contribution in [-0.4, -0.2) is 44.4 Å². The van der Waals surface area contributed by atoms with E-state index in [0.717, 1.165) is 16.5 Å². The maximum atomic E-state index is 14.4. The second-order valence-corrected chi connectivity index (χ2v) is 12.6. The molecule has 3 aromatic carbocycles. The van der Waals surface area contributed by atoms with E-state index in [2.05, 4.69) is 15.6 Å². The van der Waals surface area contributed by atoms with Crippen molar-refractivity contribution in [2.45, 2.75) is 55.4 Å². The molecule has 5 rings (SSSR count). The Morgan fingerprint density at radius 2 is 1.76 bits per heavy atom. The molecule has 0 fully saturated rings. The molecule has 0 bridgehead atoms. The van der Waals surface area contributed by atoms with Gasteiger partial charge in [0.1, 0.15) is 11.9 Å². The SMILES string of the molecule is CS(=O)c1ccc(C2C=C(CC(=O)N[C@@H](CCCCCC(=O)NO)C(=O)Nc3cccc4cccnc34)c3cc(F)ccc32)cc1. The van der Waals surface area contributed by atoms with Crippen molar-refractivity contribution in [3.8, 4) is 0 Å². The van der Waals surface area contributed by atoms with Gasteiger partial charge in [0.25, 0.3) is 0 Å². The van der Waals surface area contributed by atoms with Gasteiger partial charge in [0.05, 0.1) is 17.6 Å². The molecule has 46 heavy (non-hydrogen) atoms. The first-order valence-corrected chi connectivity index (χ1v) is 16.6. The molecule has 4 aromatic rings. The Morgan fingerprint density at radius 3 is 2.52 bits per heavy atom. The number of unbranched alkanes of at least 4 members (excludes halogenated alkanes) is 2. The van der Waals surface area contributed by atoms with E-state index in [1.807, 2.05) is 42.5 Å². The average molecular weight is 643 g/mol. The van der Waals surface area contributed by atoms with Gasteiger partial charge in [-0.15, -0.1) is 0 Å². The van der Waals surface area contributed by atoms with Gasteiger partial charge in [0.2, 0.25) is 17.7 Å². The van der Waals surface area contributed by atoms with Gasteiger partial charge in [-0.05, 0) is 71.5 Å². The van der Waals surface area contributed by atoms with Gasteiger partial charge in [-0.3, -0.25) is 28.8 Å². The van der Waals surface area contributed by atoms with Crippen LogP contribution in [0.5, 0.6) is 0 Å². The number of hydrogen-bond acceptors (Lipinski definition) is 6. The summed E-state index contributed by atoms with van der Waals surface area (Å²) in [6.45, 7) is 0. The molecule has 1 aliphatic carbocycles. The fourth-order valence-electron chi connectivity index (χ4n) is 5.73. The van der Waals surface area contributed by atoms with Crippen LogP contribution in [0.2, 0.25) is 0 Å². The minimum Gasteiger partial charge on any atom is -0.344 e. The van der Waals surface area contributed by atoms with E-state index in [1.54, 1.807) is 42.2 Å². The fraction of sp³-hybridized carbons (Fsp3) is 0.257. The molecule has 0 spiro atoms. The number of fused-ring (bicyclic) bond motifs is 2. The summed E-state index contributed by atoms with van der Waals surface area (Å²) in [4.78, 5) is 43.5. The number of hydrogen-bond donors (Lipinski definition) is 4. The Labute approximate surface area is 268 Å². The maximum Gasteiger partial charge on any atom is 0.247 e. The number of anilines is 1. The van der Waals surface area contributed by atoms with E-state index in [9.17, 15) is 23.0 Å². The summed E-state index contributed by atoms with van der Waals surface area (Å²) in [6, 6.07) is 20.2. The number of amides is 3. The highest BCUT2D eigenvalue weighted by Crippen LogP contribution is 2.41. The second kappa shape index (κ2) is 15.0. The van der Waals surface area contributed by atoms with Crippen LogP contribution < -0.4 is 16.1 Å². The van der Waals surface area contributed by atoms with Crippen molar-refractivity contribution >= 4 is 50.7 Å². The molecule has 9 nitrogen and oxygen atoms in total. The van der Waals surface area contributed by atoms with Crippen molar-refractivity contribution in [3.05, 3.63) is 108 Å². The van der Waals surface area contributed by atoms with Crippen molar-refractivity contribution in [1.82, 2.24) is 15.8 Å². The molecule has 1 aliphatic rings. The molecular formula is C35H35FN4O5S. The molecule has 1 aromatic heterocycles. The number of hydroxylamine groups is 1. The number of benzene rings is 3. The fourth-order valence-corrected chi connectivity index (χ4v) is 6.25. The minimum absolute atomic E-state index is 0.0692. The van der Waals surface area contributed by atoms with Crippen LogP contribution in [0.3, 0.4) is 0 Å². The van der Waals surface area contributed by atoms with Gasteiger partial charge in [0, 0.05) is 45.9 Å². The van der Waals surface area contributed by atoms with E-state index in [4.69, 9.17) is 5.21 Å². The van der Waals surface area contributed by atoms with E-state index >= 15 is 0 Å². The summed E-state index contributed by atoms with van der Waals surface area (Å²) < 4.78 is 26.3. The standard InChI is InChI=1S/C35H35FN4O5S/c1-46(45)26-15-12-22(13-16-26)28-19-24(29-21-25(36)14-17-27(28)29)20-33(42)38-31(9-3-2-4-11-32(41)40-44)35(43)39-30-10-5-7-23-8-6-18-37-34(23)30/h5-8,10,12-19,21,28,31,44H,2-4,9,11,20H2,1H3,(H,38,42)(H,39,43)(H,40,41)/t28?,31-,46?/m0/s1. The number of nitrogens with zero attached hydrogens (tertiary/aromatic N) is 1. The molecule has 4 N–H and O–H groups in total. The van der Waals surface area contributed by atoms with Crippen LogP contribution in [0.25, 0.3) is 16.5 Å². The number of rotatable bonds is 13. The molecule has 238 valence electrons. The van der Waals surface area contributed by atoms with Crippen LogP contribution >= 0.6 is 0 Å². The summed E-state index contributed by atoms with van der Waals surface area (Å²) in [5, 5.41) is 15.4. The Hall–Kier alpha value is -4.74. The third kappa shape index (κ3) is 7.91. The Kier molecular flexibility index (Phi) is 10.7. The monoisotopic (exact) mass is 642 g/mol. The zero-order valence-electron chi connectivity index (χ0n) is 25.3. The Morgan fingerprint density at radius 1 is 0.978 bits per heavy atom. The lowest BCUT2D eigenvalue weighted by atomic mass is 9.93. The molecule has 2 unspecified atom stereocenters. The predicted octanol–water partition coefficient (Wildman–Crippen LogP) is 5.61. The lowest BCUT2D eigenvalue weighted by molar-refractivity contribution is -0.129. The Balaban J connectivity index is 1.33. The van der Waals surface area contributed by atoms with E-state index in [1.165, 1.54) is 12.1 Å². The number of carbonyl (C=O) groups excluding carboxylic acids is 3. The summed E-state index contributed by atoms with van der Waals surface area (Å²) in [7, 11) is -1.12. The molecule has 3 atom stereocenters. The molecule has 3 amide bonds. The number of carbonyl (C=O) groups is 3. The zero-order chi connectivity index (χ0) is 32.6. The first-order valence-electron chi connectivity index (χ1n) is 15.0. The molecule has 11 heteroatoms. The third-order valence-electron chi connectivity index (χ3n) is 8.05. The van der Waals surface area contributed by atoms with Crippen LogP contribution in [0.1, 0.15) is 61.1 Å². The highest BCUT2D eigenvalue weighted by molar-refractivity contribution is 7.84. The van der Waals surface area contributed by atoms with E-state index in [-0.39, 0.29) is 18.8 Å². The number of para-hydroxylation sites is 1. The molecule has 0 aliphatic heterocycles. The largest absolute Gasteiger partial charge is 0.344 e. The molecule has 0 radical (unpaired) electrons. The first kappa shape index (κ1) is 32.6. The average Bonchev–Trinajstić information content (AvgIpc) is 3.40. The number of nitrogens with one attached hydrogen (secondary N) is 3. The van der Waals surface area contributed by atoms with E-state index < -0.39 is 40.4 Å². The summed E-state index contributed by atoms with van der Waals surface area (Å²) in [5.74, 6) is -1.92. The topological polar surface area (TPSA) is 137 Å². The van der Waals surface area contributed by atoms with Gasteiger partial charge in [-0.1, -0.05) is 55.3 Å². The Bertz CT molecular complexity index is 1810. The van der Waals surface area contributed by atoms with Crippen molar-refractivity contribution in [3.63, 3.8) is 0 Å². The number of aromatic nitrogens is 1. The predicted molar refractivity (Wildman–Crippen MR) is 175 cm³/mol. The maximum absolute atomic E-state index is 14.4. The molecule has 0 saturated heterocycles. The molecular weight excluding hydrogens is 607 g/mol. The van der Waals surface area contributed by atoms with E-state index in [0.29, 0.717) is 52.9 Å². The molecule has 1 heterocycles. The van der Waals surface area contributed by atoms with Crippen molar-refractivity contribution < 1.29 is 28.2 Å². The lowest BCUT2D eigenvalue weighted by Crippen LogP contribution is -2.43. The lowest BCUT2D eigenvalue weighted by Gasteiger charge is -2.19. The summed E-state index contributed by atoms with van der Waals surface area (Å²) in [6.07, 6.45) is 7.23. The highest BCUT2D eigenvalue weighted by Gasteiger charge is 2.28. The van der Waals surface area contributed by atoms with Gasteiger partial charge in [-0.2, -0.15) is 0 Å². The number of allylic oxidation sites excluding steroid dienone is 1. The smallest absolute Gasteiger partial charge is 0.247 e. The zero-order valence-corrected chi connectivity index (χ0v) is 26.1.